The molecule has 1 saturated heterocycles. The molecule has 3 atom stereocenters. The van der Waals surface area contributed by atoms with Crippen LogP contribution in [-0.2, 0) is 9.53 Å². The molecule has 0 spiro atoms. The fourth-order valence-corrected chi connectivity index (χ4v) is 4.36. The molecule has 0 bridgehead atoms. The van der Waals surface area contributed by atoms with Crippen molar-refractivity contribution in [3.8, 4) is 0 Å². The van der Waals surface area contributed by atoms with Crippen LogP contribution in [0.1, 0.15) is 71.6 Å². The quantitative estimate of drug-likeness (QED) is 0.695. The second-order valence-corrected chi connectivity index (χ2v) is 7.19. The fraction of sp³-hybridized carbons (Fsp3) is 0.889. The largest absolute Gasteiger partial charge is 0.465 e. The Morgan fingerprint density at radius 2 is 1.91 bits per heavy atom. The van der Waals surface area contributed by atoms with Gasteiger partial charge in [0.1, 0.15) is 6.10 Å². The van der Waals surface area contributed by atoms with E-state index < -0.39 is 6.09 Å². The second kappa shape index (κ2) is 8.55. The molecular formula is C18H31NO4. The summed E-state index contributed by atoms with van der Waals surface area (Å²) in [5.74, 6) is 0.683. The van der Waals surface area contributed by atoms with Crippen LogP contribution in [0.25, 0.3) is 0 Å². The van der Waals surface area contributed by atoms with Gasteiger partial charge in [-0.3, -0.25) is 4.79 Å². The summed E-state index contributed by atoms with van der Waals surface area (Å²) in [5, 5.41) is 11.8. The number of esters is 1. The minimum atomic E-state index is -1.02. The first-order chi connectivity index (χ1) is 11.0. The van der Waals surface area contributed by atoms with Crippen molar-refractivity contribution in [2.75, 3.05) is 0 Å². The van der Waals surface area contributed by atoms with E-state index in [1.165, 1.54) is 19.3 Å². The first-order valence-electron chi connectivity index (χ1n) is 9.25. The average molecular weight is 325 g/mol. The molecule has 5 nitrogen and oxygen atoms in total. The number of carbonyl (C=O) groups is 2. The second-order valence-electron chi connectivity index (χ2n) is 7.19. The third-order valence-electron chi connectivity index (χ3n) is 5.74. The first kappa shape index (κ1) is 18.1. The van der Waals surface area contributed by atoms with Gasteiger partial charge in [0, 0.05) is 0 Å². The molecule has 1 heterocycles. The van der Waals surface area contributed by atoms with Crippen molar-refractivity contribution in [1.82, 2.24) is 5.32 Å². The zero-order chi connectivity index (χ0) is 16.8. The SMILES string of the molecule is CCC(CC)C1CC(C(CC2CCCCC2)NC(=O)O)OC1=O. The predicted molar refractivity (Wildman–Crippen MR) is 88.2 cm³/mol. The Labute approximate surface area is 139 Å². The zero-order valence-corrected chi connectivity index (χ0v) is 14.4. The average Bonchev–Trinajstić information content (AvgIpc) is 2.91. The summed E-state index contributed by atoms with van der Waals surface area (Å²) >= 11 is 0. The minimum Gasteiger partial charge on any atom is -0.465 e. The molecule has 0 radical (unpaired) electrons. The number of amides is 1. The van der Waals surface area contributed by atoms with Crippen molar-refractivity contribution < 1.29 is 19.4 Å². The molecule has 0 aromatic rings. The maximum absolute atomic E-state index is 12.2. The number of carboxylic acid groups (broad SMARTS) is 1. The van der Waals surface area contributed by atoms with E-state index in [1.54, 1.807) is 0 Å². The number of hydrogen-bond donors (Lipinski definition) is 2. The number of rotatable bonds is 7. The van der Waals surface area contributed by atoms with E-state index in [2.05, 4.69) is 19.2 Å². The number of ether oxygens (including phenoxy) is 1. The van der Waals surface area contributed by atoms with E-state index in [1.807, 2.05) is 0 Å². The van der Waals surface area contributed by atoms with Gasteiger partial charge < -0.3 is 15.2 Å². The van der Waals surface area contributed by atoms with Gasteiger partial charge in [-0.15, -0.1) is 0 Å². The molecule has 3 unspecified atom stereocenters. The monoisotopic (exact) mass is 325 g/mol. The molecule has 1 saturated carbocycles. The van der Waals surface area contributed by atoms with Gasteiger partial charge in [0.15, 0.2) is 0 Å². The summed E-state index contributed by atoms with van der Waals surface area (Å²) in [4.78, 5) is 23.4. The maximum atomic E-state index is 12.2. The van der Waals surface area contributed by atoms with Gasteiger partial charge in [-0.1, -0.05) is 58.8 Å². The highest BCUT2D eigenvalue weighted by molar-refractivity contribution is 5.75. The third kappa shape index (κ3) is 4.85. The topological polar surface area (TPSA) is 75.6 Å². The molecule has 5 heteroatoms. The molecule has 132 valence electrons. The summed E-state index contributed by atoms with van der Waals surface area (Å²) in [6.45, 7) is 4.20. The van der Waals surface area contributed by atoms with E-state index in [9.17, 15) is 9.59 Å². The van der Waals surface area contributed by atoms with E-state index in [0.29, 0.717) is 18.3 Å². The highest BCUT2D eigenvalue weighted by Gasteiger charge is 2.42. The molecule has 0 aromatic heterocycles. The van der Waals surface area contributed by atoms with E-state index >= 15 is 0 Å². The third-order valence-corrected chi connectivity index (χ3v) is 5.74. The predicted octanol–water partition coefficient (Wildman–Crippen LogP) is 3.96. The van der Waals surface area contributed by atoms with Crippen LogP contribution in [-0.4, -0.2) is 29.3 Å². The van der Waals surface area contributed by atoms with Crippen LogP contribution < -0.4 is 5.32 Å². The smallest absolute Gasteiger partial charge is 0.405 e. The number of carbonyl (C=O) groups excluding carboxylic acids is 1. The van der Waals surface area contributed by atoms with E-state index in [0.717, 1.165) is 32.1 Å². The van der Waals surface area contributed by atoms with Crippen LogP contribution in [0.3, 0.4) is 0 Å². The molecule has 2 rings (SSSR count). The lowest BCUT2D eigenvalue weighted by molar-refractivity contribution is -0.146. The highest BCUT2D eigenvalue weighted by Crippen LogP contribution is 2.36. The van der Waals surface area contributed by atoms with Crippen LogP contribution in [0.4, 0.5) is 4.79 Å². The fourth-order valence-electron chi connectivity index (χ4n) is 4.36. The molecule has 2 aliphatic rings. The molecule has 1 aliphatic carbocycles. The Morgan fingerprint density at radius 3 is 2.48 bits per heavy atom. The van der Waals surface area contributed by atoms with Crippen LogP contribution in [0.2, 0.25) is 0 Å². The van der Waals surface area contributed by atoms with Gasteiger partial charge in [0.25, 0.3) is 0 Å². The lowest BCUT2D eigenvalue weighted by atomic mass is 9.81. The Balaban J connectivity index is 2.00. The van der Waals surface area contributed by atoms with Crippen LogP contribution in [0.5, 0.6) is 0 Å². The standard InChI is InChI=1S/C18H31NO4/c1-3-13(4-2)14-11-16(23-17(14)20)15(19-18(21)22)10-12-8-6-5-7-9-12/h12-16,19H,3-11H2,1-2H3,(H,21,22). The van der Waals surface area contributed by atoms with Gasteiger partial charge in [-0.2, -0.15) is 0 Å². The van der Waals surface area contributed by atoms with Crippen LogP contribution in [0, 0.1) is 17.8 Å². The van der Waals surface area contributed by atoms with Gasteiger partial charge in [0.2, 0.25) is 0 Å². The number of nitrogens with one attached hydrogen (secondary N) is 1. The number of cyclic esters (lactones) is 1. The van der Waals surface area contributed by atoms with Gasteiger partial charge >= 0.3 is 12.1 Å². The molecule has 2 N–H and O–H groups in total. The van der Waals surface area contributed by atoms with Crippen molar-refractivity contribution in [1.29, 1.82) is 0 Å². The molecule has 1 amide bonds. The number of hydrogen-bond acceptors (Lipinski definition) is 3. The van der Waals surface area contributed by atoms with Crippen molar-refractivity contribution in [3.63, 3.8) is 0 Å². The highest BCUT2D eigenvalue weighted by atomic mass is 16.6. The Bertz CT molecular complexity index is 402. The maximum Gasteiger partial charge on any atom is 0.405 e. The molecular weight excluding hydrogens is 294 g/mol. The molecule has 1 aliphatic heterocycles. The lowest BCUT2D eigenvalue weighted by Crippen LogP contribution is -2.44. The van der Waals surface area contributed by atoms with Gasteiger partial charge in [-0.05, 0) is 24.7 Å². The van der Waals surface area contributed by atoms with Crippen LogP contribution in [0.15, 0.2) is 0 Å². The summed E-state index contributed by atoms with van der Waals surface area (Å²) < 4.78 is 5.60. The van der Waals surface area contributed by atoms with E-state index in [-0.39, 0.29) is 24.0 Å². The van der Waals surface area contributed by atoms with E-state index in [4.69, 9.17) is 9.84 Å². The summed E-state index contributed by atoms with van der Waals surface area (Å²) in [6.07, 6.45) is 8.11. The molecule has 23 heavy (non-hydrogen) atoms. The van der Waals surface area contributed by atoms with Gasteiger partial charge in [-0.25, -0.2) is 4.79 Å². The Kier molecular flexibility index (Phi) is 6.72. The normalized spacial score (nSPS) is 27.0. The van der Waals surface area contributed by atoms with Gasteiger partial charge in [0.05, 0.1) is 12.0 Å². The van der Waals surface area contributed by atoms with Crippen molar-refractivity contribution >= 4 is 12.1 Å². The molecule has 0 aromatic carbocycles. The lowest BCUT2D eigenvalue weighted by Gasteiger charge is -2.29. The molecule has 2 fully saturated rings. The Hall–Kier alpha value is -1.26. The van der Waals surface area contributed by atoms with Crippen molar-refractivity contribution in [2.24, 2.45) is 17.8 Å². The van der Waals surface area contributed by atoms with Crippen molar-refractivity contribution in [3.05, 3.63) is 0 Å². The zero-order valence-electron chi connectivity index (χ0n) is 14.4. The minimum absolute atomic E-state index is 0.0700. The van der Waals surface area contributed by atoms with Crippen molar-refractivity contribution in [2.45, 2.75) is 83.8 Å². The Morgan fingerprint density at radius 1 is 1.26 bits per heavy atom. The summed E-state index contributed by atoms with van der Waals surface area (Å²) in [6, 6.07) is -0.265. The summed E-state index contributed by atoms with van der Waals surface area (Å²) in [5.41, 5.74) is 0. The first-order valence-corrected chi connectivity index (χ1v) is 9.25. The van der Waals surface area contributed by atoms with Crippen LogP contribution >= 0.6 is 0 Å². The summed E-state index contributed by atoms with van der Waals surface area (Å²) in [7, 11) is 0.